The first-order chi connectivity index (χ1) is 14.9. The summed E-state index contributed by atoms with van der Waals surface area (Å²) < 4.78 is 25.5. The zero-order chi connectivity index (χ0) is 21.8. The van der Waals surface area contributed by atoms with Crippen LogP contribution in [0.15, 0.2) is 53.4 Å². The third-order valence-electron chi connectivity index (χ3n) is 6.17. The minimum Gasteiger partial charge on any atom is -0.341 e. The monoisotopic (exact) mass is 440 g/mol. The average molecular weight is 441 g/mol. The number of carbonyl (C=O) groups is 2. The van der Waals surface area contributed by atoms with Crippen LogP contribution in [0.2, 0.25) is 0 Å². The zero-order valence-corrected chi connectivity index (χ0v) is 18.4. The topological polar surface area (TPSA) is 74.8 Å². The lowest BCUT2D eigenvalue weighted by Crippen LogP contribution is -2.37. The van der Waals surface area contributed by atoms with E-state index in [1.54, 1.807) is 34.1 Å². The van der Waals surface area contributed by atoms with Gasteiger partial charge in [-0.25, -0.2) is 8.42 Å². The molecular formula is C24H28N2O4S. The Kier molecular flexibility index (Phi) is 6.41. The van der Waals surface area contributed by atoms with Gasteiger partial charge in [-0.3, -0.25) is 9.59 Å². The van der Waals surface area contributed by atoms with Gasteiger partial charge in [0.1, 0.15) is 0 Å². The van der Waals surface area contributed by atoms with Crippen molar-refractivity contribution in [2.45, 2.75) is 37.0 Å². The Morgan fingerprint density at radius 1 is 0.806 bits per heavy atom. The molecule has 6 nitrogen and oxygen atoms in total. The van der Waals surface area contributed by atoms with Gasteiger partial charge in [0.25, 0.3) is 5.91 Å². The van der Waals surface area contributed by atoms with E-state index in [9.17, 15) is 18.0 Å². The minimum absolute atomic E-state index is 0.0333. The van der Waals surface area contributed by atoms with Crippen molar-refractivity contribution < 1.29 is 18.0 Å². The molecule has 0 bridgehead atoms. The normalized spacial score (nSPS) is 16.6. The molecule has 0 radical (unpaired) electrons. The molecule has 1 saturated heterocycles. The van der Waals surface area contributed by atoms with Gasteiger partial charge in [0.15, 0.2) is 9.84 Å². The van der Waals surface area contributed by atoms with Crippen molar-refractivity contribution >= 4 is 21.7 Å². The molecule has 4 rings (SSSR count). The molecule has 0 atom stereocenters. The van der Waals surface area contributed by atoms with Crippen LogP contribution in [-0.2, 0) is 27.5 Å². The molecule has 0 unspecified atom stereocenters. The van der Waals surface area contributed by atoms with E-state index < -0.39 is 9.84 Å². The summed E-state index contributed by atoms with van der Waals surface area (Å²) in [5, 5.41) is 0. The summed E-state index contributed by atoms with van der Waals surface area (Å²) in [5.74, 6) is -0.388. The van der Waals surface area contributed by atoms with Crippen molar-refractivity contribution in [2.75, 3.05) is 31.9 Å². The van der Waals surface area contributed by atoms with E-state index in [0.717, 1.165) is 24.8 Å². The fourth-order valence-corrected chi connectivity index (χ4v) is 5.65. The number of hydrogen-bond acceptors (Lipinski definition) is 4. The Morgan fingerprint density at radius 2 is 1.52 bits per heavy atom. The van der Waals surface area contributed by atoms with Gasteiger partial charge < -0.3 is 9.80 Å². The second kappa shape index (κ2) is 9.22. The van der Waals surface area contributed by atoms with Crippen LogP contribution in [0, 0.1) is 0 Å². The van der Waals surface area contributed by atoms with Crippen LogP contribution in [0.4, 0.5) is 0 Å². The summed E-state index contributed by atoms with van der Waals surface area (Å²) >= 11 is 0. The first kappa shape index (κ1) is 21.6. The lowest BCUT2D eigenvalue weighted by molar-refractivity contribution is -0.130. The molecule has 2 aliphatic rings. The molecule has 2 amide bonds. The molecule has 0 N–H and O–H groups in total. The SMILES string of the molecule is O=C(CCS(=O)(=O)c1ccc2c(c1)CCC2)N1CCCN(C(=O)c2ccccc2)CC1. The van der Waals surface area contributed by atoms with Gasteiger partial charge in [0.2, 0.25) is 5.91 Å². The first-order valence-electron chi connectivity index (χ1n) is 10.9. The molecule has 1 aliphatic heterocycles. The molecule has 2 aromatic carbocycles. The fraction of sp³-hybridized carbons (Fsp3) is 0.417. The molecule has 2 aromatic rings. The van der Waals surface area contributed by atoms with Crippen molar-refractivity contribution in [3.8, 4) is 0 Å². The quantitative estimate of drug-likeness (QED) is 0.717. The fourth-order valence-electron chi connectivity index (χ4n) is 4.37. The van der Waals surface area contributed by atoms with E-state index >= 15 is 0 Å². The number of benzene rings is 2. The number of nitrogens with zero attached hydrogens (tertiary/aromatic N) is 2. The first-order valence-corrected chi connectivity index (χ1v) is 12.6. The van der Waals surface area contributed by atoms with Crippen LogP contribution in [-0.4, -0.2) is 62.0 Å². The Balaban J connectivity index is 1.33. The maximum Gasteiger partial charge on any atom is 0.253 e. The van der Waals surface area contributed by atoms with Crippen molar-refractivity contribution in [1.29, 1.82) is 0 Å². The van der Waals surface area contributed by atoms with Crippen LogP contribution >= 0.6 is 0 Å². The lowest BCUT2D eigenvalue weighted by atomic mass is 10.1. The number of amides is 2. The van der Waals surface area contributed by atoms with Crippen LogP contribution in [0.3, 0.4) is 0 Å². The summed E-state index contributed by atoms with van der Waals surface area (Å²) in [4.78, 5) is 29.2. The second-order valence-corrected chi connectivity index (χ2v) is 10.4. The van der Waals surface area contributed by atoms with E-state index in [1.165, 1.54) is 5.56 Å². The molecule has 31 heavy (non-hydrogen) atoms. The van der Waals surface area contributed by atoms with Gasteiger partial charge in [-0.2, -0.15) is 0 Å². The standard InChI is InChI=1S/C24H28N2O4S/c27-23(12-17-31(29,30)22-11-10-19-8-4-9-21(19)18-22)25-13-5-14-26(16-15-25)24(28)20-6-2-1-3-7-20/h1-3,6-7,10-11,18H,4-5,8-9,12-17H2. The van der Waals surface area contributed by atoms with Gasteiger partial charge in [-0.1, -0.05) is 24.3 Å². The number of carbonyl (C=O) groups excluding carboxylic acids is 2. The van der Waals surface area contributed by atoms with Gasteiger partial charge in [-0.05, 0) is 61.1 Å². The minimum atomic E-state index is -3.50. The predicted octanol–water partition coefficient (Wildman–Crippen LogP) is 2.71. The lowest BCUT2D eigenvalue weighted by Gasteiger charge is -2.22. The second-order valence-electron chi connectivity index (χ2n) is 8.25. The average Bonchev–Trinajstić information content (AvgIpc) is 3.12. The Morgan fingerprint density at radius 3 is 2.32 bits per heavy atom. The molecule has 0 aromatic heterocycles. The molecule has 1 fully saturated rings. The van der Waals surface area contributed by atoms with Gasteiger partial charge >= 0.3 is 0 Å². The number of hydrogen-bond donors (Lipinski definition) is 0. The highest BCUT2D eigenvalue weighted by Crippen LogP contribution is 2.25. The third-order valence-corrected chi connectivity index (χ3v) is 7.88. The number of aryl methyl sites for hydroxylation is 2. The highest BCUT2D eigenvalue weighted by atomic mass is 32.2. The van der Waals surface area contributed by atoms with Crippen LogP contribution in [0.1, 0.15) is 40.7 Å². The van der Waals surface area contributed by atoms with E-state index in [1.807, 2.05) is 24.3 Å². The molecule has 1 aliphatic carbocycles. The summed E-state index contributed by atoms with van der Waals surface area (Å²) in [5.41, 5.74) is 2.99. The third kappa shape index (κ3) is 4.98. The van der Waals surface area contributed by atoms with Crippen LogP contribution < -0.4 is 0 Å². The van der Waals surface area contributed by atoms with Crippen LogP contribution in [0.5, 0.6) is 0 Å². The molecule has 7 heteroatoms. The highest BCUT2D eigenvalue weighted by Gasteiger charge is 2.25. The van der Waals surface area contributed by atoms with E-state index in [4.69, 9.17) is 0 Å². The molecule has 0 spiro atoms. The van der Waals surface area contributed by atoms with Crippen molar-refractivity contribution in [2.24, 2.45) is 0 Å². The Labute approximate surface area is 183 Å². The van der Waals surface area contributed by atoms with Crippen molar-refractivity contribution in [1.82, 2.24) is 9.80 Å². The molecular weight excluding hydrogens is 412 g/mol. The maximum atomic E-state index is 12.8. The van der Waals surface area contributed by atoms with Gasteiger partial charge in [-0.15, -0.1) is 0 Å². The maximum absolute atomic E-state index is 12.8. The molecule has 164 valence electrons. The summed E-state index contributed by atoms with van der Waals surface area (Å²) in [6, 6.07) is 14.5. The van der Waals surface area contributed by atoms with Crippen molar-refractivity contribution in [3.63, 3.8) is 0 Å². The van der Waals surface area contributed by atoms with E-state index in [0.29, 0.717) is 43.1 Å². The van der Waals surface area contributed by atoms with Gasteiger partial charge in [0, 0.05) is 38.2 Å². The zero-order valence-electron chi connectivity index (χ0n) is 17.6. The summed E-state index contributed by atoms with van der Waals surface area (Å²) in [6.45, 7) is 2.01. The number of rotatable bonds is 5. The number of sulfone groups is 1. The Bertz CT molecular complexity index is 1070. The largest absolute Gasteiger partial charge is 0.341 e. The van der Waals surface area contributed by atoms with E-state index in [-0.39, 0.29) is 24.0 Å². The van der Waals surface area contributed by atoms with Gasteiger partial charge in [0.05, 0.1) is 10.6 Å². The van der Waals surface area contributed by atoms with Crippen LogP contribution in [0.25, 0.3) is 0 Å². The predicted molar refractivity (Wildman–Crippen MR) is 119 cm³/mol. The highest BCUT2D eigenvalue weighted by molar-refractivity contribution is 7.91. The summed E-state index contributed by atoms with van der Waals surface area (Å²) in [6.07, 6.45) is 3.64. The number of fused-ring (bicyclic) bond motifs is 1. The molecule has 0 saturated carbocycles. The van der Waals surface area contributed by atoms with Crippen molar-refractivity contribution in [3.05, 3.63) is 65.2 Å². The Hall–Kier alpha value is -2.67. The van der Waals surface area contributed by atoms with E-state index in [2.05, 4.69) is 0 Å². The molecule has 1 heterocycles. The summed E-state index contributed by atoms with van der Waals surface area (Å²) in [7, 11) is -3.50. The smallest absolute Gasteiger partial charge is 0.253 e.